The van der Waals surface area contributed by atoms with Gasteiger partial charge in [0.2, 0.25) is 5.91 Å². The van der Waals surface area contributed by atoms with Crippen molar-refractivity contribution in [2.45, 2.75) is 38.1 Å². The molecule has 1 fully saturated rings. The minimum atomic E-state index is 0.0330. The third kappa shape index (κ3) is 4.08. The topological polar surface area (TPSA) is 68.2 Å². The molecule has 0 bridgehead atoms. The second-order valence-corrected chi connectivity index (χ2v) is 8.09. The van der Waals surface area contributed by atoms with Crippen LogP contribution >= 0.6 is 12.2 Å². The molecule has 5 nitrogen and oxygen atoms in total. The van der Waals surface area contributed by atoms with Crippen LogP contribution in [0.3, 0.4) is 0 Å². The molecule has 1 aromatic carbocycles. The number of allylic oxidation sites excluding steroid dienone is 3. The van der Waals surface area contributed by atoms with E-state index < -0.39 is 0 Å². The minimum Gasteiger partial charge on any atom is -0.343 e. The van der Waals surface area contributed by atoms with E-state index in [2.05, 4.69) is 22.8 Å². The van der Waals surface area contributed by atoms with E-state index >= 15 is 0 Å². The Labute approximate surface area is 171 Å². The molecule has 2 aliphatic heterocycles. The third-order valence-electron chi connectivity index (χ3n) is 5.69. The van der Waals surface area contributed by atoms with E-state index in [0.717, 1.165) is 60.6 Å². The molecule has 2 heterocycles. The number of anilines is 1. The van der Waals surface area contributed by atoms with E-state index in [9.17, 15) is 4.79 Å². The van der Waals surface area contributed by atoms with E-state index in [0.29, 0.717) is 18.7 Å². The Hall–Kier alpha value is -2.31. The highest BCUT2D eigenvalue weighted by molar-refractivity contribution is 7.81. The van der Waals surface area contributed by atoms with Crippen LogP contribution in [-0.4, -0.2) is 41.1 Å². The Bertz CT molecular complexity index is 867. The Morgan fingerprint density at radius 1 is 1.32 bits per heavy atom. The van der Waals surface area contributed by atoms with Crippen molar-refractivity contribution in [3.63, 3.8) is 0 Å². The molecule has 0 aromatic heterocycles. The highest BCUT2D eigenvalue weighted by Crippen LogP contribution is 2.29. The van der Waals surface area contributed by atoms with E-state index in [1.807, 2.05) is 29.2 Å². The molecule has 6 heteroatoms. The summed E-state index contributed by atoms with van der Waals surface area (Å²) in [5.74, 6) is 0.557. The number of amides is 1. The van der Waals surface area contributed by atoms with Crippen molar-refractivity contribution in [1.82, 2.24) is 10.2 Å². The highest BCUT2D eigenvalue weighted by Gasteiger charge is 2.26. The largest absolute Gasteiger partial charge is 0.343 e. The Kier molecular flexibility index (Phi) is 5.69. The van der Waals surface area contributed by atoms with Gasteiger partial charge >= 0.3 is 0 Å². The maximum absolute atomic E-state index is 12.6. The predicted molar refractivity (Wildman–Crippen MR) is 117 cm³/mol. The van der Waals surface area contributed by atoms with Gasteiger partial charge in [0.15, 0.2) is 0 Å². The van der Waals surface area contributed by atoms with Gasteiger partial charge in [-0.05, 0) is 49.1 Å². The summed E-state index contributed by atoms with van der Waals surface area (Å²) in [6.07, 6.45) is 10.2. The first-order valence-electron chi connectivity index (χ1n) is 10.0. The monoisotopic (exact) mass is 394 g/mol. The summed E-state index contributed by atoms with van der Waals surface area (Å²) in [7, 11) is 0. The zero-order valence-corrected chi connectivity index (χ0v) is 16.8. The number of benzene rings is 1. The average Bonchev–Trinajstić information content (AvgIpc) is 3.24. The summed E-state index contributed by atoms with van der Waals surface area (Å²) in [5.41, 5.74) is 4.08. The molecule has 0 saturated carbocycles. The number of nitrogens with one attached hydrogen (secondary N) is 3. The van der Waals surface area contributed by atoms with Crippen molar-refractivity contribution in [2.24, 2.45) is 0 Å². The van der Waals surface area contributed by atoms with Gasteiger partial charge in [-0.3, -0.25) is 10.2 Å². The molecule has 0 radical (unpaired) electrons. The summed E-state index contributed by atoms with van der Waals surface area (Å²) in [6.45, 7) is 2.67. The zero-order chi connectivity index (χ0) is 19.5. The van der Waals surface area contributed by atoms with Gasteiger partial charge in [0.25, 0.3) is 0 Å². The van der Waals surface area contributed by atoms with Gasteiger partial charge < -0.3 is 15.5 Å². The summed E-state index contributed by atoms with van der Waals surface area (Å²) >= 11 is 5.38. The number of likely N-dealkylation sites (tertiary alicyclic amines) is 1. The van der Waals surface area contributed by atoms with Crippen LogP contribution in [0.1, 0.15) is 42.9 Å². The van der Waals surface area contributed by atoms with Crippen LogP contribution in [0.2, 0.25) is 0 Å². The number of carbonyl (C=O) groups is 1. The molecule has 1 saturated heterocycles. The molecule has 4 rings (SSSR count). The predicted octanol–water partition coefficient (Wildman–Crippen LogP) is 3.53. The SMILES string of the molecule is N=C(Nc1ccc2c(c1)C(CC(=O)N1CCCC1)NCC2)C1=CC=CCC1=S. The maximum atomic E-state index is 12.6. The van der Waals surface area contributed by atoms with Gasteiger partial charge in [0.05, 0.1) is 0 Å². The molecule has 3 aliphatic rings. The number of hydrogen-bond donors (Lipinski definition) is 3. The molecule has 0 spiro atoms. The Morgan fingerprint density at radius 3 is 2.93 bits per heavy atom. The van der Waals surface area contributed by atoms with Crippen molar-refractivity contribution in [2.75, 3.05) is 25.0 Å². The average molecular weight is 395 g/mol. The van der Waals surface area contributed by atoms with E-state index in [-0.39, 0.29) is 11.9 Å². The lowest BCUT2D eigenvalue weighted by molar-refractivity contribution is -0.130. The van der Waals surface area contributed by atoms with Crippen molar-refractivity contribution in [3.05, 3.63) is 53.1 Å². The number of amidine groups is 1. The van der Waals surface area contributed by atoms with Crippen LogP contribution in [-0.2, 0) is 11.2 Å². The molecule has 1 aliphatic carbocycles. The van der Waals surface area contributed by atoms with Gasteiger partial charge in [0.1, 0.15) is 5.84 Å². The van der Waals surface area contributed by atoms with Crippen LogP contribution in [0.15, 0.2) is 42.0 Å². The van der Waals surface area contributed by atoms with E-state index in [1.54, 1.807) is 0 Å². The first-order chi connectivity index (χ1) is 13.6. The molecule has 28 heavy (non-hydrogen) atoms. The fourth-order valence-electron chi connectivity index (χ4n) is 4.14. The normalized spacial score (nSPS) is 21.3. The molecule has 1 unspecified atom stereocenters. The van der Waals surface area contributed by atoms with E-state index in [4.69, 9.17) is 17.6 Å². The number of nitrogens with zero attached hydrogens (tertiary/aromatic N) is 1. The van der Waals surface area contributed by atoms with Gasteiger partial charge in [0, 0.05) is 48.1 Å². The molecule has 3 N–H and O–H groups in total. The molecular formula is C22H26N4OS. The Morgan fingerprint density at radius 2 is 2.14 bits per heavy atom. The number of hydrogen-bond acceptors (Lipinski definition) is 4. The van der Waals surface area contributed by atoms with Gasteiger partial charge in [-0.25, -0.2) is 0 Å². The molecule has 1 amide bonds. The van der Waals surface area contributed by atoms with Gasteiger partial charge in [-0.1, -0.05) is 36.5 Å². The number of rotatable bonds is 4. The second kappa shape index (κ2) is 8.37. The Balaban J connectivity index is 1.50. The van der Waals surface area contributed by atoms with Crippen LogP contribution in [0.5, 0.6) is 0 Å². The summed E-state index contributed by atoms with van der Waals surface area (Å²) < 4.78 is 0. The van der Waals surface area contributed by atoms with Crippen molar-refractivity contribution in [1.29, 1.82) is 5.41 Å². The third-order valence-corrected chi connectivity index (χ3v) is 6.07. The standard InChI is InChI=1S/C22H26N4OS/c23-22(17-5-1-2-6-20(17)28)25-16-8-7-15-9-10-24-19(18(15)13-16)14-21(27)26-11-3-4-12-26/h1-2,5,7-8,13,19,24H,3-4,6,9-12,14H2,(H2,23,25). The van der Waals surface area contributed by atoms with Crippen LogP contribution in [0.25, 0.3) is 0 Å². The molecule has 1 atom stereocenters. The quantitative estimate of drug-likeness (QED) is 0.415. The zero-order valence-electron chi connectivity index (χ0n) is 16.0. The van der Waals surface area contributed by atoms with Crippen LogP contribution < -0.4 is 10.6 Å². The minimum absolute atomic E-state index is 0.0330. The molecule has 1 aromatic rings. The van der Waals surface area contributed by atoms with Gasteiger partial charge in [-0.15, -0.1) is 0 Å². The van der Waals surface area contributed by atoms with Crippen LogP contribution in [0, 0.1) is 5.41 Å². The van der Waals surface area contributed by atoms with Gasteiger partial charge in [-0.2, -0.15) is 0 Å². The lowest BCUT2D eigenvalue weighted by Gasteiger charge is -2.29. The number of fused-ring (bicyclic) bond motifs is 1. The lowest BCUT2D eigenvalue weighted by atomic mass is 9.91. The first kappa shape index (κ1) is 19.0. The van der Waals surface area contributed by atoms with Crippen molar-refractivity contribution in [3.8, 4) is 0 Å². The summed E-state index contributed by atoms with van der Waals surface area (Å²) in [6, 6.07) is 6.25. The smallest absolute Gasteiger partial charge is 0.224 e. The number of carbonyl (C=O) groups excluding carboxylic acids is 1. The first-order valence-corrected chi connectivity index (χ1v) is 10.4. The second-order valence-electron chi connectivity index (χ2n) is 7.60. The van der Waals surface area contributed by atoms with E-state index in [1.165, 1.54) is 5.56 Å². The fraction of sp³-hybridized carbons (Fsp3) is 0.409. The fourth-order valence-corrected chi connectivity index (χ4v) is 4.41. The maximum Gasteiger partial charge on any atom is 0.224 e. The summed E-state index contributed by atoms with van der Waals surface area (Å²) in [5, 5.41) is 15.1. The lowest BCUT2D eigenvalue weighted by Crippen LogP contribution is -2.36. The van der Waals surface area contributed by atoms with Crippen molar-refractivity contribution >= 4 is 34.5 Å². The van der Waals surface area contributed by atoms with Crippen molar-refractivity contribution < 1.29 is 4.79 Å². The molecule has 146 valence electrons. The molecular weight excluding hydrogens is 368 g/mol. The highest BCUT2D eigenvalue weighted by atomic mass is 32.1. The van der Waals surface area contributed by atoms with Crippen LogP contribution in [0.4, 0.5) is 5.69 Å². The number of thiocarbonyl (C=S) groups is 1. The summed E-state index contributed by atoms with van der Waals surface area (Å²) in [4.78, 5) is 15.4.